The first-order chi connectivity index (χ1) is 19.5. The first-order valence-corrected chi connectivity index (χ1v) is 14.4. The Morgan fingerprint density at radius 2 is 0.675 bits per heavy atom. The molecule has 0 heteroatoms. The van der Waals surface area contributed by atoms with Crippen LogP contribution in [0.15, 0.2) is 103 Å². The normalized spacial score (nSPS) is 13.4. The Kier molecular flexibility index (Phi) is 3.56. The molecule has 10 aromatic carbocycles. The topological polar surface area (TPSA) is 0 Å². The van der Waals surface area contributed by atoms with Gasteiger partial charge in [0.2, 0.25) is 0 Å². The Morgan fingerprint density at radius 3 is 1.25 bits per heavy atom. The molecule has 0 saturated carbocycles. The maximum Gasteiger partial charge on any atom is -0.000718 e. The van der Waals surface area contributed by atoms with Crippen LogP contribution in [0.3, 0.4) is 0 Å². The van der Waals surface area contributed by atoms with E-state index in [9.17, 15) is 0 Å². The van der Waals surface area contributed by atoms with Crippen LogP contribution >= 0.6 is 0 Å². The molecule has 0 aliphatic rings. The molecule has 0 amide bonds. The molecule has 0 aliphatic carbocycles. The van der Waals surface area contributed by atoms with Crippen molar-refractivity contribution in [2.45, 2.75) is 26.2 Å². The minimum Gasteiger partial charge on any atom is -0.0579 e. The summed E-state index contributed by atoms with van der Waals surface area (Å²) in [7, 11) is 0. The molecule has 0 radical (unpaired) electrons. The summed E-state index contributed by atoms with van der Waals surface area (Å²) >= 11 is 0. The van der Waals surface area contributed by atoms with Gasteiger partial charge in [-0.3, -0.25) is 0 Å². The van der Waals surface area contributed by atoms with Gasteiger partial charge >= 0.3 is 0 Å². The zero-order chi connectivity index (χ0) is 26.5. The highest BCUT2D eigenvalue weighted by atomic mass is 14.3. The highest BCUT2D eigenvalue weighted by Crippen LogP contribution is 2.52. The molecule has 0 aliphatic heterocycles. The Labute approximate surface area is 231 Å². The summed E-state index contributed by atoms with van der Waals surface area (Å²) in [6.45, 7) is 6.94. The van der Waals surface area contributed by atoms with E-state index >= 15 is 0 Å². The van der Waals surface area contributed by atoms with Crippen LogP contribution in [0, 0.1) is 0 Å². The third-order valence-electron chi connectivity index (χ3n) is 9.81. The van der Waals surface area contributed by atoms with Crippen LogP contribution in [0.2, 0.25) is 0 Å². The Balaban J connectivity index is 1.56. The summed E-state index contributed by atoms with van der Waals surface area (Å²) in [6.07, 6.45) is 0. The standard InChI is InChI=1S/C40H26/c1-40(2,3)27-16-12-21-4-5-22-6-7-24-13-17-28-29-18-14-25-10-8-23-9-11-26-15-19-30(37(28)33(24)32(22)31(21)20-27)39-36(26)34(23)35(25)38(29)39/h4-20H,1-3H3. The fourth-order valence-corrected chi connectivity index (χ4v) is 7.93. The lowest BCUT2D eigenvalue weighted by molar-refractivity contribution is 0.591. The number of hydrogen-bond donors (Lipinski definition) is 0. The van der Waals surface area contributed by atoms with Gasteiger partial charge in [0.15, 0.2) is 0 Å². The minimum atomic E-state index is 0.0894. The van der Waals surface area contributed by atoms with Gasteiger partial charge in [0.1, 0.15) is 0 Å². The van der Waals surface area contributed by atoms with E-state index in [0.29, 0.717) is 0 Å². The lowest BCUT2D eigenvalue weighted by atomic mass is 9.84. The smallest absolute Gasteiger partial charge is 0.000718 e. The predicted octanol–water partition coefficient (Wildman–Crippen LogP) is 11.7. The SMILES string of the molecule is CC(C)(C)c1ccc2ccc3ccc4ccc5c6ccc7ccc8ccc9ccc(c5c4c3c2c1)c1c9c8c7c61. The molecule has 0 spiro atoms. The van der Waals surface area contributed by atoms with Crippen molar-refractivity contribution in [1.82, 2.24) is 0 Å². The van der Waals surface area contributed by atoms with Crippen LogP contribution in [0.1, 0.15) is 26.3 Å². The van der Waals surface area contributed by atoms with Gasteiger partial charge in [0.25, 0.3) is 0 Å². The van der Waals surface area contributed by atoms with Crippen LogP contribution < -0.4 is 0 Å². The van der Waals surface area contributed by atoms with Crippen molar-refractivity contribution in [3.05, 3.63) is 109 Å². The molecule has 0 atom stereocenters. The van der Waals surface area contributed by atoms with E-state index in [-0.39, 0.29) is 5.41 Å². The van der Waals surface area contributed by atoms with Gasteiger partial charge in [0.05, 0.1) is 0 Å². The molecule has 0 heterocycles. The molecular formula is C40H26. The average molecular weight is 507 g/mol. The monoisotopic (exact) mass is 506 g/mol. The first kappa shape index (κ1) is 21.2. The van der Waals surface area contributed by atoms with E-state index in [2.05, 4.69) is 124 Å². The molecule has 0 aromatic heterocycles. The van der Waals surface area contributed by atoms with E-state index in [1.807, 2.05) is 0 Å². The van der Waals surface area contributed by atoms with E-state index < -0.39 is 0 Å². The van der Waals surface area contributed by atoms with E-state index in [0.717, 1.165) is 0 Å². The van der Waals surface area contributed by atoms with Crippen LogP contribution in [-0.4, -0.2) is 0 Å². The van der Waals surface area contributed by atoms with Crippen molar-refractivity contribution < 1.29 is 0 Å². The van der Waals surface area contributed by atoms with E-state index in [1.165, 1.54) is 103 Å². The molecule has 0 bridgehead atoms. The number of fused-ring (bicyclic) bond motifs is 9. The summed E-state index contributed by atoms with van der Waals surface area (Å²) in [5.41, 5.74) is 1.47. The maximum absolute atomic E-state index is 2.45. The summed E-state index contributed by atoms with van der Waals surface area (Å²) in [4.78, 5) is 0. The molecule has 40 heavy (non-hydrogen) atoms. The highest BCUT2D eigenvalue weighted by Gasteiger charge is 2.23. The quantitative estimate of drug-likeness (QED) is 0.179. The molecular weight excluding hydrogens is 480 g/mol. The fourth-order valence-electron chi connectivity index (χ4n) is 7.93. The lowest BCUT2D eigenvalue weighted by Crippen LogP contribution is -2.10. The molecule has 10 aromatic rings. The maximum atomic E-state index is 2.45. The molecule has 186 valence electrons. The van der Waals surface area contributed by atoms with Crippen molar-refractivity contribution >= 4 is 97.0 Å². The van der Waals surface area contributed by atoms with Crippen LogP contribution in [0.25, 0.3) is 97.0 Å². The average Bonchev–Trinajstić information content (AvgIpc) is 3.34. The van der Waals surface area contributed by atoms with Crippen LogP contribution in [0.4, 0.5) is 0 Å². The van der Waals surface area contributed by atoms with Gasteiger partial charge < -0.3 is 0 Å². The Hall–Kier alpha value is -4.68. The molecule has 0 unspecified atom stereocenters. The molecule has 0 saturated heterocycles. The first-order valence-electron chi connectivity index (χ1n) is 14.4. The third kappa shape index (κ3) is 2.36. The largest absolute Gasteiger partial charge is 0.0579 e. The van der Waals surface area contributed by atoms with Crippen molar-refractivity contribution in [2.75, 3.05) is 0 Å². The van der Waals surface area contributed by atoms with Crippen LogP contribution in [-0.2, 0) is 5.41 Å². The van der Waals surface area contributed by atoms with Gasteiger partial charge in [-0.15, -0.1) is 0 Å². The number of benzene rings is 9. The van der Waals surface area contributed by atoms with Gasteiger partial charge in [0, 0.05) is 0 Å². The van der Waals surface area contributed by atoms with Crippen LogP contribution in [0.5, 0.6) is 0 Å². The second kappa shape index (κ2) is 6.72. The van der Waals surface area contributed by atoms with E-state index in [1.54, 1.807) is 0 Å². The molecule has 10 rings (SSSR count). The van der Waals surface area contributed by atoms with Gasteiger partial charge in [-0.25, -0.2) is 0 Å². The lowest BCUT2D eigenvalue weighted by Gasteiger charge is -2.20. The van der Waals surface area contributed by atoms with Gasteiger partial charge in [-0.2, -0.15) is 0 Å². The van der Waals surface area contributed by atoms with Crippen molar-refractivity contribution in [1.29, 1.82) is 0 Å². The second-order valence-electron chi connectivity index (χ2n) is 12.9. The second-order valence-corrected chi connectivity index (χ2v) is 12.9. The highest BCUT2D eigenvalue weighted by molar-refractivity contribution is 6.50. The molecule has 0 N–H and O–H groups in total. The summed E-state index contributed by atoms with van der Waals surface area (Å²) < 4.78 is 0. The predicted molar refractivity (Wildman–Crippen MR) is 176 cm³/mol. The number of hydrogen-bond acceptors (Lipinski definition) is 0. The molecule has 0 fully saturated rings. The Morgan fingerprint density at radius 1 is 0.300 bits per heavy atom. The number of rotatable bonds is 0. The summed E-state index contributed by atoms with van der Waals surface area (Å²) in [5.74, 6) is 0. The zero-order valence-electron chi connectivity index (χ0n) is 22.8. The summed E-state index contributed by atoms with van der Waals surface area (Å²) in [6, 6.07) is 39.7. The van der Waals surface area contributed by atoms with Gasteiger partial charge in [-0.1, -0.05) is 118 Å². The summed E-state index contributed by atoms with van der Waals surface area (Å²) in [5, 5.41) is 24.8. The minimum absolute atomic E-state index is 0.0894. The van der Waals surface area contributed by atoms with Crippen molar-refractivity contribution in [3.8, 4) is 0 Å². The molecule has 0 nitrogen and oxygen atoms in total. The van der Waals surface area contributed by atoms with Crippen molar-refractivity contribution in [3.63, 3.8) is 0 Å². The zero-order valence-corrected chi connectivity index (χ0v) is 22.8. The van der Waals surface area contributed by atoms with Gasteiger partial charge in [-0.05, 0) is 114 Å². The Bertz CT molecular complexity index is 2650. The van der Waals surface area contributed by atoms with Crippen molar-refractivity contribution in [2.24, 2.45) is 0 Å². The fraction of sp³-hybridized carbons (Fsp3) is 0.100. The third-order valence-corrected chi connectivity index (χ3v) is 9.81. The van der Waals surface area contributed by atoms with E-state index in [4.69, 9.17) is 0 Å².